The van der Waals surface area contributed by atoms with Crippen LogP contribution in [0.15, 0.2) is 47.4 Å². The lowest BCUT2D eigenvalue weighted by Crippen LogP contribution is -2.16. The average Bonchev–Trinajstić information content (AvgIpc) is 2.46. The lowest BCUT2D eigenvalue weighted by molar-refractivity contribution is -0.137. The van der Waals surface area contributed by atoms with Crippen LogP contribution in [0.2, 0.25) is 0 Å². The Morgan fingerprint density at radius 3 is 2.38 bits per heavy atom. The number of aryl methyl sites for hydroxylation is 1. The van der Waals surface area contributed by atoms with Crippen molar-refractivity contribution in [3.05, 3.63) is 59.2 Å². The summed E-state index contributed by atoms with van der Waals surface area (Å²) < 4.78 is 64.8. The summed E-state index contributed by atoms with van der Waals surface area (Å²) in [5.74, 6) is -1.31. The van der Waals surface area contributed by atoms with E-state index < -0.39 is 27.7 Å². The third-order valence-corrected chi connectivity index (χ3v) is 4.69. The molecule has 0 bridgehead atoms. The van der Waals surface area contributed by atoms with Crippen LogP contribution in [0, 0.1) is 6.92 Å². The molecule has 5 nitrogen and oxygen atoms in total. The first-order chi connectivity index (χ1) is 11.0. The molecule has 0 saturated heterocycles. The Morgan fingerprint density at radius 1 is 1.12 bits per heavy atom. The van der Waals surface area contributed by atoms with Crippen LogP contribution in [0.3, 0.4) is 0 Å². The van der Waals surface area contributed by atoms with Gasteiger partial charge in [-0.05, 0) is 42.8 Å². The number of benzene rings is 2. The standard InChI is InChI=1S/C15H12F3NO4S/c1-9-5-6-10(14(20)21)7-13(9)24(22,23)19-12-4-2-3-11(8-12)15(16,17)18/h2-8,19H,1H3,(H,20,21). The van der Waals surface area contributed by atoms with Gasteiger partial charge in [-0.2, -0.15) is 13.2 Å². The molecule has 0 aliphatic rings. The number of carboxylic acid groups (broad SMARTS) is 1. The van der Waals surface area contributed by atoms with E-state index in [0.29, 0.717) is 6.07 Å². The maximum atomic E-state index is 12.7. The molecule has 2 aromatic rings. The van der Waals surface area contributed by atoms with Crippen LogP contribution in [0.25, 0.3) is 0 Å². The van der Waals surface area contributed by atoms with Crippen LogP contribution in [0.1, 0.15) is 21.5 Å². The van der Waals surface area contributed by atoms with E-state index in [2.05, 4.69) is 0 Å². The van der Waals surface area contributed by atoms with Gasteiger partial charge in [0.2, 0.25) is 0 Å². The van der Waals surface area contributed by atoms with Gasteiger partial charge in [0.1, 0.15) is 0 Å². The Kier molecular flexibility index (Phi) is 4.57. The fraction of sp³-hybridized carbons (Fsp3) is 0.133. The summed E-state index contributed by atoms with van der Waals surface area (Å²) in [6.07, 6.45) is -4.61. The predicted octanol–water partition coefficient (Wildman–Crippen LogP) is 3.51. The van der Waals surface area contributed by atoms with Crippen molar-refractivity contribution >= 4 is 21.7 Å². The summed E-state index contributed by atoms with van der Waals surface area (Å²) in [4.78, 5) is 10.6. The minimum Gasteiger partial charge on any atom is -0.478 e. The van der Waals surface area contributed by atoms with E-state index in [-0.39, 0.29) is 21.7 Å². The van der Waals surface area contributed by atoms with Crippen LogP contribution in [0.4, 0.5) is 18.9 Å². The average molecular weight is 359 g/mol. The minimum absolute atomic E-state index is 0.245. The van der Waals surface area contributed by atoms with Gasteiger partial charge in [-0.3, -0.25) is 4.72 Å². The van der Waals surface area contributed by atoms with Gasteiger partial charge in [0, 0.05) is 5.69 Å². The molecule has 24 heavy (non-hydrogen) atoms. The van der Waals surface area contributed by atoms with Gasteiger partial charge < -0.3 is 5.11 Å². The van der Waals surface area contributed by atoms with Crippen molar-refractivity contribution in [1.82, 2.24) is 0 Å². The molecule has 128 valence electrons. The summed E-state index contributed by atoms with van der Waals surface area (Å²) in [5, 5.41) is 8.94. The summed E-state index contributed by atoms with van der Waals surface area (Å²) in [7, 11) is -4.24. The summed E-state index contributed by atoms with van der Waals surface area (Å²) >= 11 is 0. The number of hydrogen-bond donors (Lipinski definition) is 2. The van der Waals surface area contributed by atoms with Crippen LogP contribution in [-0.4, -0.2) is 19.5 Å². The van der Waals surface area contributed by atoms with E-state index in [1.54, 1.807) is 0 Å². The first-order valence-corrected chi connectivity index (χ1v) is 8.03. The zero-order chi connectivity index (χ0) is 18.1. The number of rotatable bonds is 4. The first-order valence-electron chi connectivity index (χ1n) is 6.55. The normalized spacial score (nSPS) is 12.0. The number of hydrogen-bond acceptors (Lipinski definition) is 3. The highest BCUT2D eigenvalue weighted by Crippen LogP contribution is 2.31. The molecule has 0 fully saturated rings. The van der Waals surface area contributed by atoms with Gasteiger partial charge in [0.25, 0.3) is 10.0 Å². The number of alkyl halides is 3. The summed E-state index contributed by atoms with van der Waals surface area (Å²) in [6.45, 7) is 1.45. The van der Waals surface area contributed by atoms with Gasteiger partial charge in [-0.1, -0.05) is 12.1 Å². The SMILES string of the molecule is Cc1ccc(C(=O)O)cc1S(=O)(=O)Nc1cccc(C(F)(F)F)c1. The summed E-state index contributed by atoms with van der Waals surface area (Å²) in [5.41, 5.74) is -1.26. The first kappa shape index (κ1) is 17.8. The molecule has 0 aliphatic heterocycles. The third kappa shape index (κ3) is 3.85. The quantitative estimate of drug-likeness (QED) is 0.875. The van der Waals surface area contributed by atoms with Crippen LogP contribution >= 0.6 is 0 Å². The van der Waals surface area contributed by atoms with Crippen molar-refractivity contribution in [1.29, 1.82) is 0 Å². The largest absolute Gasteiger partial charge is 0.478 e. The van der Waals surface area contributed by atoms with Crippen molar-refractivity contribution in [2.24, 2.45) is 0 Å². The molecule has 0 heterocycles. The van der Waals surface area contributed by atoms with Gasteiger partial charge in [-0.25, -0.2) is 13.2 Å². The number of halogens is 3. The molecule has 0 atom stereocenters. The van der Waals surface area contributed by atoms with Gasteiger partial charge in [0.05, 0.1) is 16.0 Å². The molecule has 0 saturated carbocycles. The second-order valence-corrected chi connectivity index (χ2v) is 6.62. The second-order valence-electron chi connectivity index (χ2n) is 4.97. The maximum absolute atomic E-state index is 12.7. The molecular weight excluding hydrogens is 347 g/mol. The number of carboxylic acids is 1. The molecule has 0 aliphatic carbocycles. The fourth-order valence-electron chi connectivity index (χ4n) is 1.99. The van der Waals surface area contributed by atoms with Gasteiger partial charge in [-0.15, -0.1) is 0 Å². The van der Waals surface area contributed by atoms with Gasteiger partial charge >= 0.3 is 12.1 Å². The highest BCUT2D eigenvalue weighted by Gasteiger charge is 2.31. The zero-order valence-corrected chi connectivity index (χ0v) is 13.1. The van der Waals surface area contributed by atoms with Crippen LogP contribution < -0.4 is 4.72 Å². The Labute approximate surface area is 135 Å². The lowest BCUT2D eigenvalue weighted by Gasteiger charge is -2.13. The molecule has 0 amide bonds. The summed E-state index contributed by atoms with van der Waals surface area (Å²) in [6, 6.07) is 7.21. The molecule has 9 heteroatoms. The second kappa shape index (κ2) is 6.16. The number of carbonyl (C=O) groups is 1. The van der Waals surface area contributed by atoms with Crippen molar-refractivity contribution < 1.29 is 31.5 Å². The number of sulfonamides is 1. The van der Waals surface area contributed by atoms with Crippen molar-refractivity contribution in [2.75, 3.05) is 4.72 Å². The molecule has 2 aromatic carbocycles. The highest BCUT2D eigenvalue weighted by molar-refractivity contribution is 7.92. The van der Waals surface area contributed by atoms with Crippen molar-refractivity contribution in [3.8, 4) is 0 Å². The molecule has 0 unspecified atom stereocenters. The zero-order valence-electron chi connectivity index (χ0n) is 12.3. The van der Waals surface area contributed by atoms with Gasteiger partial charge in [0.15, 0.2) is 0 Å². The third-order valence-electron chi connectivity index (χ3n) is 3.17. The van der Waals surface area contributed by atoms with E-state index in [1.165, 1.54) is 25.1 Å². The highest BCUT2D eigenvalue weighted by atomic mass is 32.2. The topological polar surface area (TPSA) is 83.5 Å². The molecular formula is C15H12F3NO4S. The Balaban J connectivity index is 2.43. The molecule has 0 spiro atoms. The van der Waals surface area contributed by atoms with E-state index in [9.17, 15) is 26.4 Å². The number of nitrogens with one attached hydrogen (secondary N) is 1. The lowest BCUT2D eigenvalue weighted by atomic mass is 10.1. The fourth-order valence-corrected chi connectivity index (χ4v) is 3.31. The molecule has 2 N–H and O–H groups in total. The van der Waals surface area contributed by atoms with E-state index in [0.717, 1.165) is 18.2 Å². The van der Waals surface area contributed by atoms with E-state index in [4.69, 9.17) is 5.11 Å². The van der Waals surface area contributed by atoms with Crippen LogP contribution in [-0.2, 0) is 16.2 Å². The molecule has 0 radical (unpaired) electrons. The molecule has 0 aromatic heterocycles. The van der Waals surface area contributed by atoms with Crippen LogP contribution in [0.5, 0.6) is 0 Å². The maximum Gasteiger partial charge on any atom is 0.416 e. The number of aromatic carboxylic acids is 1. The van der Waals surface area contributed by atoms with Crippen molar-refractivity contribution in [2.45, 2.75) is 18.0 Å². The van der Waals surface area contributed by atoms with E-state index >= 15 is 0 Å². The van der Waals surface area contributed by atoms with E-state index in [1.807, 2.05) is 4.72 Å². The Bertz CT molecular complexity index is 892. The van der Waals surface area contributed by atoms with Crippen molar-refractivity contribution in [3.63, 3.8) is 0 Å². The minimum atomic E-state index is -4.61. The smallest absolute Gasteiger partial charge is 0.416 e. The number of anilines is 1. The Hall–Kier alpha value is -2.55. The monoisotopic (exact) mass is 359 g/mol. The molecule has 2 rings (SSSR count). The Morgan fingerprint density at radius 2 is 1.79 bits per heavy atom. The predicted molar refractivity (Wildman–Crippen MR) is 80.4 cm³/mol.